The van der Waals surface area contributed by atoms with Gasteiger partial charge in [0.2, 0.25) is 5.91 Å². The Kier molecular flexibility index (Phi) is 9.46. The molecule has 0 aromatic heterocycles. The number of methoxy groups -OCH3 is 1. The molecule has 0 saturated carbocycles. The lowest BCUT2D eigenvalue weighted by Gasteiger charge is -2.07. The molecule has 0 radical (unpaired) electrons. The van der Waals surface area contributed by atoms with E-state index in [9.17, 15) is 4.79 Å². The maximum atomic E-state index is 11.2. The molecule has 0 fully saturated rings. The average Bonchev–Trinajstić information content (AvgIpc) is 2.19. The van der Waals surface area contributed by atoms with Crippen molar-refractivity contribution in [3.05, 3.63) is 0 Å². The number of rotatable bonds is 9. The Bertz CT molecular complexity index is 163. The minimum Gasteiger partial charge on any atom is -0.393 e. The van der Waals surface area contributed by atoms with Gasteiger partial charge in [-0.05, 0) is 19.8 Å². The summed E-state index contributed by atoms with van der Waals surface area (Å²) in [4.78, 5) is 11.2. The summed E-state index contributed by atoms with van der Waals surface area (Å²) >= 11 is 0. The first-order chi connectivity index (χ1) is 7.16. The number of nitrogens with one attached hydrogen (secondary N) is 2. The SMILES string of the molecule is COCCNCC(=O)NCCCC(C)O. The summed E-state index contributed by atoms with van der Waals surface area (Å²) in [7, 11) is 1.62. The Labute approximate surface area is 91.2 Å². The number of carbonyl (C=O) groups excluding carboxylic acids is 1. The average molecular weight is 218 g/mol. The van der Waals surface area contributed by atoms with Gasteiger partial charge >= 0.3 is 0 Å². The van der Waals surface area contributed by atoms with Gasteiger partial charge in [0.05, 0.1) is 19.3 Å². The zero-order valence-electron chi connectivity index (χ0n) is 9.58. The van der Waals surface area contributed by atoms with Crippen LogP contribution in [0.2, 0.25) is 0 Å². The molecule has 0 aliphatic rings. The van der Waals surface area contributed by atoms with E-state index in [0.717, 1.165) is 12.8 Å². The third-order valence-electron chi connectivity index (χ3n) is 1.89. The van der Waals surface area contributed by atoms with Gasteiger partial charge in [-0.25, -0.2) is 0 Å². The van der Waals surface area contributed by atoms with Crippen molar-refractivity contribution in [1.82, 2.24) is 10.6 Å². The molecule has 0 aromatic carbocycles. The predicted octanol–water partition coefficient (Wildman–Crippen LogP) is -0.500. The quantitative estimate of drug-likeness (QED) is 0.456. The van der Waals surface area contributed by atoms with Crippen LogP contribution in [-0.4, -0.2) is 50.5 Å². The van der Waals surface area contributed by atoms with Crippen LogP contribution in [0.4, 0.5) is 0 Å². The van der Waals surface area contributed by atoms with Crippen molar-refractivity contribution in [3.63, 3.8) is 0 Å². The summed E-state index contributed by atoms with van der Waals surface area (Å²) in [6, 6.07) is 0. The Hall–Kier alpha value is -0.650. The zero-order valence-corrected chi connectivity index (χ0v) is 9.58. The molecule has 5 heteroatoms. The number of aliphatic hydroxyl groups excluding tert-OH is 1. The van der Waals surface area contributed by atoms with Gasteiger partial charge in [0.25, 0.3) is 0 Å². The van der Waals surface area contributed by atoms with E-state index in [-0.39, 0.29) is 12.0 Å². The first kappa shape index (κ1) is 14.3. The predicted molar refractivity (Wildman–Crippen MR) is 58.7 cm³/mol. The topological polar surface area (TPSA) is 70.6 Å². The maximum absolute atomic E-state index is 11.2. The van der Waals surface area contributed by atoms with Crippen LogP contribution in [0.1, 0.15) is 19.8 Å². The molecular formula is C10H22N2O3. The number of aliphatic hydroxyl groups is 1. The highest BCUT2D eigenvalue weighted by atomic mass is 16.5. The van der Waals surface area contributed by atoms with Gasteiger partial charge in [-0.3, -0.25) is 4.79 Å². The molecule has 0 aromatic rings. The fourth-order valence-corrected chi connectivity index (χ4v) is 1.06. The van der Waals surface area contributed by atoms with Crippen LogP contribution in [0.15, 0.2) is 0 Å². The van der Waals surface area contributed by atoms with Gasteiger partial charge in [-0.2, -0.15) is 0 Å². The number of amides is 1. The van der Waals surface area contributed by atoms with Crippen LogP contribution in [0.3, 0.4) is 0 Å². The van der Waals surface area contributed by atoms with Crippen LogP contribution in [-0.2, 0) is 9.53 Å². The highest BCUT2D eigenvalue weighted by molar-refractivity contribution is 5.77. The van der Waals surface area contributed by atoms with E-state index in [2.05, 4.69) is 10.6 Å². The molecule has 0 rings (SSSR count). The van der Waals surface area contributed by atoms with Gasteiger partial charge < -0.3 is 20.5 Å². The van der Waals surface area contributed by atoms with Crippen molar-refractivity contribution in [2.24, 2.45) is 0 Å². The van der Waals surface area contributed by atoms with Crippen LogP contribution in [0.25, 0.3) is 0 Å². The summed E-state index contributed by atoms with van der Waals surface area (Å²) < 4.78 is 4.83. The van der Waals surface area contributed by atoms with Crippen LogP contribution < -0.4 is 10.6 Å². The Morgan fingerprint density at radius 2 is 2.20 bits per heavy atom. The number of hydrogen-bond acceptors (Lipinski definition) is 4. The molecule has 0 heterocycles. The van der Waals surface area contributed by atoms with E-state index < -0.39 is 0 Å². The van der Waals surface area contributed by atoms with Crippen molar-refractivity contribution in [2.75, 3.05) is 33.4 Å². The molecule has 1 atom stereocenters. The molecule has 1 unspecified atom stereocenters. The largest absolute Gasteiger partial charge is 0.393 e. The zero-order chi connectivity index (χ0) is 11.5. The normalized spacial score (nSPS) is 12.5. The Morgan fingerprint density at radius 1 is 1.47 bits per heavy atom. The molecule has 3 N–H and O–H groups in total. The van der Waals surface area contributed by atoms with Crippen molar-refractivity contribution >= 4 is 5.91 Å². The number of hydrogen-bond donors (Lipinski definition) is 3. The van der Waals surface area contributed by atoms with Gasteiger partial charge in [0.15, 0.2) is 0 Å². The molecular weight excluding hydrogens is 196 g/mol. The molecule has 0 aliphatic heterocycles. The lowest BCUT2D eigenvalue weighted by molar-refractivity contribution is -0.120. The number of ether oxygens (including phenoxy) is 1. The minimum absolute atomic E-state index is 0.0169. The van der Waals surface area contributed by atoms with Gasteiger partial charge in [0, 0.05) is 20.2 Å². The van der Waals surface area contributed by atoms with Crippen molar-refractivity contribution < 1.29 is 14.6 Å². The lowest BCUT2D eigenvalue weighted by Crippen LogP contribution is -2.35. The van der Waals surface area contributed by atoms with Crippen molar-refractivity contribution in [2.45, 2.75) is 25.9 Å². The minimum atomic E-state index is -0.290. The fourth-order valence-electron chi connectivity index (χ4n) is 1.06. The fraction of sp³-hybridized carbons (Fsp3) is 0.900. The maximum Gasteiger partial charge on any atom is 0.233 e. The summed E-state index contributed by atoms with van der Waals surface area (Å²) in [5, 5.41) is 14.7. The highest BCUT2D eigenvalue weighted by Gasteiger charge is 2.00. The summed E-state index contributed by atoms with van der Waals surface area (Å²) in [6.45, 7) is 3.97. The van der Waals surface area contributed by atoms with E-state index in [0.29, 0.717) is 26.2 Å². The second-order valence-electron chi connectivity index (χ2n) is 3.51. The van der Waals surface area contributed by atoms with E-state index in [4.69, 9.17) is 9.84 Å². The Balaban J connectivity index is 3.19. The van der Waals surface area contributed by atoms with E-state index in [1.165, 1.54) is 0 Å². The van der Waals surface area contributed by atoms with Gasteiger partial charge in [-0.15, -0.1) is 0 Å². The number of carbonyl (C=O) groups is 1. The third-order valence-corrected chi connectivity index (χ3v) is 1.89. The molecule has 0 aliphatic carbocycles. The summed E-state index contributed by atoms with van der Waals surface area (Å²) in [6.07, 6.45) is 1.24. The molecule has 5 nitrogen and oxygen atoms in total. The summed E-state index contributed by atoms with van der Waals surface area (Å²) in [5.74, 6) is -0.0169. The molecule has 15 heavy (non-hydrogen) atoms. The second kappa shape index (κ2) is 9.89. The van der Waals surface area contributed by atoms with Crippen molar-refractivity contribution in [3.8, 4) is 0 Å². The van der Waals surface area contributed by atoms with E-state index >= 15 is 0 Å². The first-order valence-electron chi connectivity index (χ1n) is 5.31. The third kappa shape index (κ3) is 11.3. The van der Waals surface area contributed by atoms with Crippen LogP contribution in [0, 0.1) is 0 Å². The van der Waals surface area contributed by atoms with Gasteiger partial charge in [-0.1, -0.05) is 0 Å². The molecule has 0 bridgehead atoms. The first-order valence-corrected chi connectivity index (χ1v) is 5.31. The molecule has 90 valence electrons. The van der Waals surface area contributed by atoms with Crippen LogP contribution in [0.5, 0.6) is 0 Å². The highest BCUT2D eigenvalue weighted by Crippen LogP contribution is 1.92. The molecule has 0 saturated heterocycles. The molecule has 1 amide bonds. The monoisotopic (exact) mass is 218 g/mol. The summed E-state index contributed by atoms with van der Waals surface area (Å²) in [5.41, 5.74) is 0. The molecule has 0 spiro atoms. The van der Waals surface area contributed by atoms with E-state index in [1.54, 1.807) is 14.0 Å². The Morgan fingerprint density at radius 3 is 2.80 bits per heavy atom. The van der Waals surface area contributed by atoms with Crippen LogP contribution >= 0.6 is 0 Å². The van der Waals surface area contributed by atoms with E-state index in [1.807, 2.05) is 0 Å². The van der Waals surface area contributed by atoms with Crippen molar-refractivity contribution in [1.29, 1.82) is 0 Å². The lowest BCUT2D eigenvalue weighted by atomic mass is 10.2. The smallest absolute Gasteiger partial charge is 0.233 e. The second-order valence-corrected chi connectivity index (χ2v) is 3.51. The van der Waals surface area contributed by atoms with Gasteiger partial charge in [0.1, 0.15) is 0 Å². The standard InChI is InChI=1S/C10H22N2O3/c1-9(13)4-3-5-12-10(14)8-11-6-7-15-2/h9,11,13H,3-8H2,1-2H3,(H,12,14).